The van der Waals surface area contributed by atoms with Crippen LogP contribution in [0.2, 0.25) is 0 Å². The molecule has 1 aromatic carbocycles. The van der Waals surface area contributed by atoms with Crippen molar-refractivity contribution >= 4 is 5.91 Å². The number of furan rings is 1. The molecule has 0 unspecified atom stereocenters. The van der Waals surface area contributed by atoms with Crippen LogP contribution in [0.5, 0.6) is 0 Å². The van der Waals surface area contributed by atoms with E-state index in [0.717, 1.165) is 18.4 Å². The van der Waals surface area contributed by atoms with E-state index in [1.807, 2.05) is 35.2 Å². The highest BCUT2D eigenvalue weighted by Crippen LogP contribution is 2.29. The molecule has 0 aliphatic carbocycles. The lowest BCUT2D eigenvalue weighted by atomic mass is 9.96. The summed E-state index contributed by atoms with van der Waals surface area (Å²) in [7, 11) is 0. The van der Waals surface area contributed by atoms with E-state index < -0.39 is 0 Å². The first kappa shape index (κ1) is 14.7. The van der Waals surface area contributed by atoms with Gasteiger partial charge >= 0.3 is 0 Å². The van der Waals surface area contributed by atoms with Crippen molar-refractivity contribution in [1.82, 2.24) is 15.0 Å². The molecule has 1 aliphatic rings. The van der Waals surface area contributed by atoms with E-state index in [1.165, 1.54) is 12.5 Å². The molecule has 1 amide bonds. The van der Waals surface area contributed by atoms with Crippen LogP contribution in [0.4, 0.5) is 0 Å². The van der Waals surface area contributed by atoms with Crippen molar-refractivity contribution in [3.8, 4) is 11.4 Å². The van der Waals surface area contributed by atoms with Gasteiger partial charge in [0.05, 0.1) is 11.8 Å². The Morgan fingerprint density at radius 3 is 2.62 bits per heavy atom. The number of amides is 1. The lowest BCUT2D eigenvalue weighted by molar-refractivity contribution is 0.0704. The molecule has 6 heteroatoms. The maximum absolute atomic E-state index is 12.3. The molecule has 0 spiro atoms. The lowest BCUT2D eigenvalue weighted by Gasteiger charge is -2.30. The van der Waals surface area contributed by atoms with Gasteiger partial charge in [-0.1, -0.05) is 35.5 Å². The van der Waals surface area contributed by atoms with Crippen LogP contribution in [-0.4, -0.2) is 34.0 Å². The number of likely N-dealkylation sites (tertiary alicyclic amines) is 1. The number of hydrogen-bond donors (Lipinski definition) is 0. The van der Waals surface area contributed by atoms with Gasteiger partial charge < -0.3 is 13.8 Å². The maximum atomic E-state index is 12.3. The smallest absolute Gasteiger partial charge is 0.257 e. The first-order chi connectivity index (χ1) is 11.8. The van der Waals surface area contributed by atoms with E-state index in [-0.39, 0.29) is 11.8 Å². The van der Waals surface area contributed by atoms with Crippen LogP contribution in [0, 0.1) is 0 Å². The van der Waals surface area contributed by atoms with E-state index >= 15 is 0 Å². The molecule has 3 heterocycles. The van der Waals surface area contributed by atoms with Crippen LogP contribution in [-0.2, 0) is 0 Å². The van der Waals surface area contributed by atoms with Crippen LogP contribution >= 0.6 is 0 Å². The predicted octanol–water partition coefficient (Wildman–Crippen LogP) is 3.35. The molecular formula is C18H17N3O3. The summed E-state index contributed by atoms with van der Waals surface area (Å²) in [4.78, 5) is 18.7. The Balaban J connectivity index is 1.41. The number of rotatable bonds is 3. The number of nitrogens with zero attached hydrogens (tertiary/aromatic N) is 3. The van der Waals surface area contributed by atoms with Gasteiger partial charge in [0.2, 0.25) is 11.7 Å². The Labute approximate surface area is 139 Å². The minimum absolute atomic E-state index is 0.0118. The largest absolute Gasteiger partial charge is 0.472 e. The molecule has 3 aromatic rings. The summed E-state index contributed by atoms with van der Waals surface area (Å²) >= 11 is 0. The van der Waals surface area contributed by atoms with Crippen LogP contribution in [0.3, 0.4) is 0 Å². The zero-order valence-corrected chi connectivity index (χ0v) is 13.1. The second-order valence-electron chi connectivity index (χ2n) is 5.90. The maximum Gasteiger partial charge on any atom is 0.257 e. The van der Waals surface area contributed by atoms with Crippen LogP contribution < -0.4 is 0 Å². The van der Waals surface area contributed by atoms with Crippen molar-refractivity contribution in [2.75, 3.05) is 13.1 Å². The van der Waals surface area contributed by atoms with Gasteiger partial charge in [-0.25, -0.2) is 0 Å². The van der Waals surface area contributed by atoms with E-state index in [1.54, 1.807) is 6.07 Å². The van der Waals surface area contributed by atoms with Gasteiger partial charge in [0.15, 0.2) is 0 Å². The summed E-state index contributed by atoms with van der Waals surface area (Å²) in [5.74, 6) is 1.48. The topological polar surface area (TPSA) is 72.4 Å². The molecule has 6 nitrogen and oxygen atoms in total. The molecule has 1 fully saturated rings. The second-order valence-corrected chi connectivity index (χ2v) is 5.90. The van der Waals surface area contributed by atoms with Crippen molar-refractivity contribution < 1.29 is 13.7 Å². The summed E-state index contributed by atoms with van der Waals surface area (Å²) in [6, 6.07) is 11.5. The highest BCUT2D eigenvalue weighted by molar-refractivity contribution is 5.93. The quantitative estimate of drug-likeness (QED) is 0.739. The predicted molar refractivity (Wildman–Crippen MR) is 86.3 cm³/mol. The monoisotopic (exact) mass is 323 g/mol. The van der Waals surface area contributed by atoms with Gasteiger partial charge in [-0.3, -0.25) is 4.79 Å². The van der Waals surface area contributed by atoms with Gasteiger partial charge in [0.25, 0.3) is 5.91 Å². The molecule has 24 heavy (non-hydrogen) atoms. The molecule has 0 radical (unpaired) electrons. The molecule has 0 bridgehead atoms. The minimum atomic E-state index is 0.0118. The Bertz CT molecular complexity index is 803. The fraction of sp³-hybridized carbons (Fsp3) is 0.278. The van der Waals surface area contributed by atoms with Crippen molar-refractivity contribution in [2.45, 2.75) is 18.8 Å². The van der Waals surface area contributed by atoms with Gasteiger partial charge in [0, 0.05) is 24.6 Å². The molecule has 0 saturated carbocycles. The minimum Gasteiger partial charge on any atom is -0.472 e. The summed E-state index contributed by atoms with van der Waals surface area (Å²) in [6.45, 7) is 1.36. The normalized spacial score (nSPS) is 15.6. The van der Waals surface area contributed by atoms with Crippen LogP contribution in [0.25, 0.3) is 11.4 Å². The van der Waals surface area contributed by atoms with Crippen molar-refractivity contribution in [3.63, 3.8) is 0 Å². The Morgan fingerprint density at radius 2 is 1.92 bits per heavy atom. The summed E-state index contributed by atoms with van der Waals surface area (Å²) in [5, 5.41) is 4.08. The van der Waals surface area contributed by atoms with Crippen LogP contribution in [0.1, 0.15) is 35.0 Å². The summed E-state index contributed by atoms with van der Waals surface area (Å²) < 4.78 is 10.4. The number of carbonyl (C=O) groups excluding carboxylic acids is 1. The second kappa shape index (κ2) is 6.31. The number of piperidine rings is 1. The molecule has 122 valence electrons. The molecule has 4 rings (SSSR count). The summed E-state index contributed by atoms with van der Waals surface area (Å²) in [6.07, 6.45) is 4.64. The van der Waals surface area contributed by atoms with Gasteiger partial charge in [-0.15, -0.1) is 0 Å². The van der Waals surface area contributed by atoms with Crippen molar-refractivity contribution in [3.05, 3.63) is 60.4 Å². The zero-order valence-electron chi connectivity index (χ0n) is 13.1. The fourth-order valence-electron chi connectivity index (χ4n) is 3.00. The lowest BCUT2D eigenvalue weighted by Crippen LogP contribution is -2.37. The third-order valence-electron chi connectivity index (χ3n) is 4.37. The number of benzene rings is 1. The fourth-order valence-corrected chi connectivity index (χ4v) is 3.00. The molecule has 1 saturated heterocycles. The molecule has 2 aromatic heterocycles. The average molecular weight is 323 g/mol. The number of carbonyl (C=O) groups is 1. The van der Waals surface area contributed by atoms with Crippen LogP contribution in [0.15, 0.2) is 57.9 Å². The standard InChI is InChI=1S/C18H17N3O3/c22-18(15-8-11-23-12-15)21-9-6-14(7-10-21)17-19-16(20-24-17)13-4-2-1-3-5-13/h1-5,8,11-12,14H,6-7,9-10H2. The van der Waals surface area contributed by atoms with E-state index in [0.29, 0.717) is 30.4 Å². The van der Waals surface area contributed by atoms with E-state index in [4.69, 9.17) is 8.94 Å². The molecular weight excluding hydrogens is 306 g/mol. The third kappa shape index (κ3) is 2.82. The third-order valence-corrected chi connectivity index (χ3v) is 4.37. The van der Waals surface area contributed by atoms with E-state index in [2.05, 4.69) is 10.1 Å². The summed E-state index contributed by atoms with van der Waals surface area (Å²) in [5.41, 5.74) is 1.54. The molecule has 0 atom stereocenters. The average Bonchev–Trinajstić information content (AvgIpc) is 3.34. The molecule has 0 N–H and O–H groups in total. The van der Waals surface area contributed by atoms with Gasteiger partial charge in [-0.05, 0) is 18.9 Å². The Hall–Kier alpha value is -2.89. The number of hydrogen-bond acceptors (Lipinski definition) is 5. The highest BCUT2D eigenvalue weighted by atomic mass is 16.5. The van der Waals surface area contributed by atoms with Crippen molar-refractivity contribution in [1.29, 1.82) is 0 Å². The van der Waals surface area contributed by atoms with Gasteiger partial charge in [-0.2, -0.15) is 4.98 Å². The number of aromatic nitrogens is 2. The van der Waals surface area contributed by atoms with E-state index in [9.17, 15) is 4.79 Å². The zero-order chi connectivity index (χ0) is 16.4. The van der Waals surface area contributed by atoms with Crippen molar-refractivity contribution in [2.24, 2.45) is 0 Å². The molecule has 1 aliphatic heterocycles. The van der Waals surface area contributed by atoms with Gasteiger partial charge in [0.1, 0.15) is 6.26 Å². The first-order valence-corrected chi connectivity index (χ1v) is 8.02. The Morgan fingerprint density at radius 1 is 1.12 bits per heavy atom. The SMILES string of the molecule is O=C(c1ccoc1)N1CCC(c2nc(-c3ccccc3)no2)CC1. The Kier molecular flexibility index (Phi) is 3.86. The highest BCUT2D eigenvalue weighted by Gasteiger charge is 2.28. The first-order valence-electron chi connectivity index (χ1n) is 8.02.